The van der Waals surface area contributed by atoms with E-state index in [1.165, 1.54) is 47.8 Å². The maximum atomic E-state index is 13.6. The van der Waals surface area contributed by atoms with Crippen LogP contribution in [0.3, 0.4) is 0 Å². The second kappa shape index (κ2) is 10.1. The SMILES string of the molecule is CCC(C)(C)NC(=O)[C@@H](c1ccc(F)cc1)N(Cc1ccccc1)C(=O)c1cnccn1. The number of halogens is 1. The van der Waals surface area contributed by atoms with Gasteiger partial charge in [-0.05, 0) is 43.5 Å². The predicted octanol–water partition coefficient (Wildman–Crippen LogP) is 4.30. The first-order valence-electron chi connectivity index (χ1n) is 10.5. The van der Waals surface area contributed by atoms with Crippen LogP contribution in [0.4, 0.5) is 4.39 Å². The summed E-state index contributed by atoms with van der Waals surface area (Å²) < 4.78 is 13.6. The molecule has 166 valence electrons. The smallest absolute Gasteiger partial charge is 0.275 e. The van der Waals surface area contributed by atoms with E-state index in [9.17, 15) is 14.0 Å². The third kappa shape index (κ3) is 5.75. The van der Waals surface area contributed by atoms with Crippen LogP contribution in [0.25, 0.3) is 0 Å². The van der Waals surface area contributed by atoms with E-state index in [4.69, 9.17) is 0 Å². The Bertz CT molecular complexity index is 1040. The van der Waals surface area contributed by atoms with Gasteiger partial charge in [-0.15, -0.1) is 0 Å². The van der Waals surface area contributed by atoms with Crippen LogP contribution >= 0.6 is 0 Å². The van der Waals surface area contributed by atoms with Crippen molar-refractivity contribution < 1.29 is 14.0 Å². The number of amides is 2. The molecule has 0 unspecified atom stereocenters. The van der Waals surface area contributed by atoms with Gasteiger partial charge in [-0.2, -0.15) is 0 Å². The minimum absolute atomic E-state index is 0.123. The Kier molecular flexibility index (Phi) is 7.30. The van der Waals surface area contributed by atoms with E-state index in [0.29, 0.717) is 12.0 Å². The third-order valence-electron chi connectivity index (χ3n) is 5.33. The summed E-state index contributed by atoms with van der Waals surface area (Å²) in [7, 11) is 0. The third-order valence-corrected chi connectivity index (χ3v) is 5.33. The van der Waals surface area contributed by atoms with Gasteiger partial charge >= 0.3 is 0 Å². The van der Waals surface area contributed by atoms with Crippen LogP contribution in [0, 0.1) is 5.82 Å². The summed E-state index contributed by atoms with van der Waals surface area (Å²) >= 11 is 0. The van der Waals surface area contributed by atoms with Crippen molar-refractivity contribution in [3.63, 3.8) is 0 Å². The standard InChI is InChI=1S/C25H27FN4O2/c1-4-25(2,3)29-23(31)22(19-10-12-20(26)13-11-19)30(17-18-8-6-5-7-9-18)24(32)21-16-27-14-15-28-21/h5-16,22H,4,17H2,1-3H3,(H,29,31)/t22-/m1/s1. The Balaban J connectivity index is 2.09. The lowest BCUT2D eigenvalue weighted by Crippen LogP contribution is -2.50. The maximum Gasteiger partial charge on any atom is 0.275 e. The molecule has 0 fully saturated rings. The van der Waals surface area contributed by atoms with E-state index in [1.54, 1.807) is 0 Å². The molecule has 0 saturated heterocycles. The first kappa shape index (κ1) is 23.1. The molecule has 0 saturated carbocycles. The van der Waals surface area contributed by atoms with Crippen LogP contribution in [0.15, 0.2) is 73.2 Å². The lowest BCUT2D eigenvalue weighted by molar-refractivity contribution is -0.127. The first-order valence-corrected chi connectivity index (χ1v) is 10.5. The molecule has 1 heterocycles. The molecule has 1 aromatic heterocycles. The Morgan fingerprint density at radius 2 is 1.75 bits per heavy atom. The van der Waals surface area contributed by atoms with E-state index < -0.39 is 23.3 Å². The molecule has 3 rings (SSSR count). The second-order valence-electron chi connectivity index (χ2n) is 8.19. The number of rotatable bonds is 8. The monoisotopic (exact) mass is 434 g/mol. The zero-order chi connectivity index (χ0) is 23.1. The van der Waals surface area contributed by atoms with Gasteiger partial charge < -0.3 is 10.2 Å². The molecular weight excluding hydrogens is 407 g/mol. The summed E-state index contributed by atoms with van der Waals surface area (Å²) in [4.78, 5) is 36.7. The molecule has 6 nitrogen and oxygen atoms in total. The highest BCUT2D eigenvalue weighted by molar-refractivity contribution is 5.96. The van der Waals surface area contributed by atoms with Crippen molar-refractivity contribution in [2.75, 3.05) is 0 Å². The van der Waals surface area contributed by atoms with Crippen LogP contribution < -0.4 is 5.32 Å². The molecular formula is C25H27FN4O2. The Morgan fingerprint density at radius 3 is 2.34 bits per heavy atom. The molecule has 0 aliphatic carbocycles. The van der Waals surface area contributed by atoms with Crippen LogP contribution in [-0.2, 0) is 11.3 Å². The molecule has 1 N–H and O–H groups in total. The molecule has 3 aromatic rings. The van der Waals surface area contributed by atoms with E-state index in [2.05, 4.69) is 15.3 Å². The fraction of sp³-hybridized carbons (Fsp3) is 0.280. The highest BCUT2D eigenvalue weighted by Gasteiger charge is 2.35. The van der Waals surface area contributed by atoms with Crippen molar-refractivity contribution in [2.45, 2.75) is 45.3 Å². The van der Waals surface area contributed by atoms with Gasteiger partial charge in [0.2, 0.25) is 5.91 Å². The number of carbonyl (C=O) groups is 2. The topological polar surface area (TPSA) is 75.2 Å². The average molecular weight is 435 g/mol. The molecule has 7 heteroatoms. The largest absolute Gasteiger partial charge is 0.349 e. The van der Waals surface area contributed by atoms with Gasteiger partial charge in [-0.3, -0.25) is 14.6 Å². The predicted molar refractivity (Wildman–Crippen MR) is 120 cm³/mol. The number of nitrogens with zero attached hydrogens (tertiary/aromatic N) is 3. The number of carbonyl (C=O) groups excluding carboxylic acids is 2. The minimum Gasteiger partial charge on any atom is -0.349 e. The zero-order valence-corrected chi connectivity index (χ0v) is 18.5. The van der Waals surface area contributed by atoms with Crippen LogP contribution in [0.1, 0.15) is 54.8 Å². The maximum absolute atomic E-state index is 13.6. The first-order chi connectivity index (χ1) is 15.3. The summed E-state index contributed by atoms with van der Waals surface area (Å²) in [6.07, 6.45) is 4.98. The molecule has 0 spiro atoms. The van der Waals surface area contributed by atoms with Gasteiger partial charge in [0.25, 0.3) is 5.91 Å². The fourth-order valence-corrected chi connectivity index (χ4v) is 3.23. The van der Waals surface area contributed by atoms with E-state index in [-0.39, 0.29) is 18.1 Å². The second-order valence-corrected chi connectivity index (χ2v) is 8.19. The molecule has 2 amide bonds. The van der Waals surface area contributed by atoms with Gasteiger partial charge in [0.1, 0.15) is 17.6 Å². The minimum atomic E-state index is -0.990. The number of benzene rings is 2. The van der Waals surface area contributed by atoms with Crippen LogP contribution in [0.2, 0.25) is 0 Å². The Hall–Kier alpha value is -3.61. The van der Waals surface area contributed by atoms with E-state index >= 15 is 0 Å². The molecule has 0 bridgehead atoms. The van der Waals surface area contributed by atoms with Crippen molar-refractivity contribution in [3.05, 3.63) is 95.8 Å². The molecule has 32 heavy (non-hydrogen) atoms. The lowest BCUT2D eigenvalue weighted by atomic mass is 9.98. The van der Waals surface area contributed by atoms with Crippen molar-refractivity contribution in [1.82, 2.24) is 20.2 Å². The van der Waals surface area contributed by atoms with Gasteiger partial charge in [0.15, 0.2) is 0 Å². The van der Waals surface area contributed by atoms with Gasteiger partial charge in [-0.1, -0.05) is 49.4 Å². The van der Waals surface area contributed by atoms with Crippen LogP contribution in [0.5, 0.6) is 0 Å². The van der Waals surface area contributed by atoms with Crippen molar-refractivity contribution in [1.29, 1.82) is 0 Å². The van der Waals surface area contributed by atoms with E-state index in [1.807, 2.05) is 51.1 Å². The quantitative estimate of drug-likeness (QED) is 0.573. The van der Waals surface area contributed by atoms with Gasteiger partial charge in [0.05, 0.1) is 6.20 Å². The Morgan fingerprint density at radius 1 is 1.06 bits per heavy atom. The summed E-state index contributed by atoms with van der Waals surface area (Å²) in [6, 6.07) is 14.0. The van der Waals surface area contributed by atoms with Gasteiger partial charge in [-0.25, -0.2) is 9.37 Å². The van der Waals surface area contributed by atoms with Gasteiger partial charge in [0, 0.05) is 24.5 Å². The number of hydrogen-bond donors (Lipinski definition) is 1. The highest BCUT2D eigenvalue weighted by atomic mass is 19.1. The van der Waals surface area contributed by atoms with Crippen LogP contribution in [-0.4, -0.2) is 32.2 Å². The normalized spacial score (nSPS) is 12.1. The summed E-state index contributed by atoms with van der Waals surface area (Å²) in [5, 5.41) is 3.03. The fourth-order valence-electron chi connectivity index (χ4n) is 3.23. The van der Waals surface area contributed by atoms with E-state index in [0.717, 1.165) is 5.56 Å². The van der Waals surface area contributed by atoms with Crippen molar-refractivity contribution in [2.24, 2.45) is 0 Å². The number of hydrogen-bond acceptors (Lipinski definition) is 4. The zero-order valence-electron chi connectivity index (χ0n) is 18.5. The number of aromatic nitrogens is 2. The van der Waals surface area contributed by atoms with Crippen molar-refractivity contribution in [3.8, 4) is 0 Å². The summed E-state index contributed by atoms with van der Waals surface area (Å²) in [6.45, 7) is 5.97. The molecule has 2 aromatic carbocycles. The number of nitrogens with one attached hydrogen (secondary N) is 1. The highest BCUT2D eigenvalue weighted by Crippen LogP contribution is 2.27. The average Bonchev–Trinajstić information content (AvgIpc) is 2.80. The summed E-state index contributed by atoms with van der Waals surface area (Å²) in [5.41, 5.74) is 0.991. The van der Waals surface area contributed by atoms with Crippen molar-refractivity contribution >= 4 is 11.8 Å². The molecule has 0 radical (unpaired) electrons. The molecule has 0 aliphatic rings. The molecule has 1 atom stereocenters. The lowest BCUT2D eigenvalue weighted by Gasteiger charge is -2.34. The molecule has 0 aliphatic heterocycles. The Labute approximate surface area is 187 Å². The summed E-state index contributed by atoms with van der Waals surface area (Å²) in [5.74, 6) is -1.21.